The van der Waals surface area contributed by atoms with Gasteiger partial charge in [-0.25, -0.2) is 14.8 Å². The van der Waals surface area contributed by atoms with Crippen LogP contribution in [-0.4, -0.2) is 80.2 Å². The number of carbonyl (C=O) groups excluding carboxylic acids is 2. The van der Waals surface area contributed by atoms with E-state index < -0.39 is 23.9 Å². The second kappa shape index (κ2) is 13.0. The summed E-state index contributed by atoms with van der Waals surface area (Å²) >= 11 is 0. The highest BCUT2D eigenvalue weighted by atomic mass is 19.4. The molecule has 1 unspecified atom stereocenters. The van der Waals surface area contributed by atoms with Gasteiger partial charge in [-0.15, -0.1) is 0 Å². The minimum atomic E-state index is -4.58. The number of alkyl halides is 3. The number of benzene rings is 1. The van der Waals surface area contributed by atoms with Crippen molar-refractivity contribution in [1.82, 2.24) is 30.8 Å². The smallest absolute Gasteiger partial charge is 0.416 e. The number of nitrogens with one attached hydrogen (secondary N) is 4. The second-order valence-corrected chi connectivity index (χ2v) is 13.6. The van der Waals surface area contributed by atoms with E-state index in [1.807, 2.05) is 6.08 Å². The molecular formula is C32H42F3N7O4. The van der Waals surface area contributed by atoms with E-state index in [9.17, 15) is 27.6 Å². The zero-order valence-corrected chi connectivity index (χ0v) is 26.5. The summed E-state index contributed by atoms with van der Waals surface area (Å²) in [5.41, 5.74) is 0.0976. The summed E-state index contributed by atoms with van der Waals surface area (Å²) in [4.78, 5) is 48.0. The van der Waals surface area contributed by atoms with Gasteiger partial charge >= 0.3 is 12.3 Å². The van der Waals surface area contributed by atoms with Crippen LogP contribution in [-0.2, 0) is 15.8 Å². The highest BCUT2D eigenvalue weighted by Crippen LogP contribution is 2.36. The summed E-state index contributed by atoms with van der Waals surface area (Å²) in [5.74, 6) is 0.0910. The zero-order valence-electron chi connectivity index (χ0n) is 26.5. The second-order valence-electron chi connectivity index (χ2n) is 13.6. The number of aromatic nitrogens is 2. The lowest BCUT2D eigenvalue weighted by atomic mass is 9.84. The van der Waals surface area contributed by atoms with Gasteiger partial charge in [0.05, 0.1) is 23.2 Å². The third kappa shape index (κ3) is 7.88. The molecule has 1 aliphatic heterocycles. The van der Waals surface area contributed by atoms with E-state index in [2.05, 4.69) is 52.0 Å². The van der Waals surface area contributed by atoms with E-state index in [-0.39, 0.29) is 52.7 Å². The van der Waals surface area contributed by atoms with Gasteiger partial charge in [-0.05, 0) is 89.5 Å². The number of halogens is 3. The van der Waals surface area contributed by atoms with Gasteiger partial charge in [0.25, 0.3) is 0 Å². The van der Waals surface area contributed by atoms with E-state index in [1.165, 1.54) is 13.0 Å². The Labute approximate surface area is 265 Å². The number of hydrogen-bond acceptors (Lipinski definition) is 7. The van der Waals surface area contributed by atoms with Crippen LogP contribution < -0.4 is 21.3 Å². The maximum atomic E-state index is 13.9. The van der Waals surface area contributed by atoms with Crippen LogP contribution in [0.25, 0.3) is 16.5 Å². The molecule has 14 heteroatoms. The van der Waals surface area contributed by atoms with E-state index in [1.54, 1.807) is 4.90 Å². The fraction of sp³-hybridized carbons (Fsp3) is 0.594. The van der Waals surface area contributed by atoms with Crippen LogP contribution in [0.15, 0.2) is 24.3 Å². The molecule has 1 aromatic carbocycles. The normalized spacial score (nSPS) is 25.7. The molecule has 3 aliphatic rings. The van der Waals surface area contributed by atoms with Crippen molar-refractivity contribution < 1.29 is 32.7 Å². The molecule has 0 spiro atoms. The Morgan fingerprint density at radius 2 is 1.78 bits per heavy atom. The van der Waals surface area contributed by atoms with Crippen molar-refractivity contribution in [3.05, 3.63) is 35.7 Å². The van der Waals surface area contributed by atoms with Gasteiger partial charge in [0.2, 0.25) is 11.8 Å². The summed E-state index contributed by atoms with van der Waals surface area (Å²) < 4.78 is 41.1. The average Bonchev–Trinajstić information content (AvgIpc) is 3.30. The first-order chi connectivity index (χ1) is 21.6. The lowest BCUT2D eigenvalue weighted by Crippen LogP contribution is -2.59. The number of carboxylic acid groups (broad SMARTS) is 1. The average molecular weight is 646 g/mol. The van der Waals surface area contributed by atoms with Crippen molar-refractivity contribution in [3.63, 3.8) is 0 Å². The number of likely N-dealkylation sites (tertiary alicyclic amines) is 1. The number of carbonyl (C=O) groups is 3. The third-order valence-electron chi connectivity index (χ3n) is 8.84. The number of hydrogen-bond donors (Lipinski definition) is 5. The molecule has 0 radical (unpaired) electrons. The van der Waals surface area contributed by atoms with Crippen LogP contribution >= 0.6 is 0 Å². The van der Waals surface area contributed by atoms with Crippen LogP contribution in [0, 0.1) is 0 Å². The standard InChI is InChI=1S/C32H42F3N7O4/c1-17(43)36-25-16-21(41-31(2,3)4)10-12-26(25)42-14-13-24(29(42)44)39-28-22-15-19(32(33,34)35)7-11-23(22)38-27(40-28)18-5-8-20(9-6-18)37-30(45)46/h5,7,11,15,20-21,24-26,37,41H,6,8-10,12-14,16H2,1-4H3,(H,36,43)(H,45,46)(H,38,39,40)/t20?,21-,24+,25-,26+/m1/s1. The number of amides is 3. The van der Waals surface area contributed by atoms with Crippen LogP contribution in [0.2, 0.25) is 0 Å². The van der Waals surface area contributed by atoms with Crippen LogP contribution in [0.5, 0.6) is 0 Å². The lowest BCUT2D eigenvalue weighted by molar-refractivity contribution is -0.137. The number of nitrogens with zero attached hydrogens (tertiary/aromatic N) is 3. The first-order valence-corrected chi connectivity index (χ1v) is 15.8. The summed E-state index contributed by atoms with van der Waals surface area (Å²) in [6.07, 6.45) is 0.185. The molecule has 5 N–H and O–H groups in total. The Hall–Kier alpha value is -3.94. The molecule has 5 rings (SSSR count). The van der Waals surface area contributed by atoms with Crippen LogP contribution in [0.4, 0.5) is 23.8 Å². The largest absolute Gasteiger partial charge is 0.465 e. The number of allylic oxidation sites excluding steroid dienone is 1. The highest BCUT2D eigenvalue weighted by Gasteiger charge is 2.43. The first kappa shape index (κ1) is 33.4. The van der Waals surface area contributed by atoms with Gasteiger partial charge in [-0.1, -0.05) is 6.08 Å². The number of fused-ring (bicyclic) bond motifs is 1. The first-order valence-electron chi connectivity index (χ1n) is 15.8. The van der Waals surface area contributed by atoms with E-state index in [0.717, 1.165) is 24.1 Å². The quantitative estimate of drug-likeness (QED) is 0.292. The molecular weight excluding hydrogens is 603 g/mol. The third-order valence-corrected chi connectivity index (χ3v) is 8.84. The fourth-order valence-corrected chi connectivity index (χ4v) is 6.92. The molecule has 250 valence electrons. The van der Waals surface area contributed by atoms with Gasteiger partial charge < -0.3 is 31.3 Å². The van der Waals surface area contributed by atoms with Gasteiger partial charge in [0.1, 0.15) is 11.9 Å². The fourth-order valence-electron chi connectivity index (χ4n) is 6.92. The Balaban J connectivity index is 1.41. The minimum Gasteiger partial charge on any atom is -0.465 e. The minimum absolute atomic E-state index is 0.105. The molecule has 1 aromatic heterocycles. The van der Waals surface area contributed by atoms with E-state index in [0.29, 0.717) is 56.4 Å². The Bertz CT molecular complexity index is 1520. The molecule has 3 amide bonds. The molecule has 11 nitrogen and oxygen atoms in total. The maximum Gasteiger partial charge on any atom is 0.416 e. The Morgan fingerprint density at radius 1 is 1.02 bits per heavy atom. The maximum absolute atomic E-state index is 13.9. The molecule has 1 saturated heterocycles. The Morgan fingerprint density at radius 3 is 2.41 bits per heavy atom. The molecule has 2 aliphatic carbocycles. The zero-order chi connectivity index (χ0) is 33.4. The highest BCUT2D eigenvalue weighted by molar-refractivity contribution is 5.94. The molecule has 1 saturated carbocycles. The number of rotatable bonds is 7. The van der Waals surface area contributed by atoms with Gasteiger partial charge in [-0.3, -0.25) is 9.59 Å². The molecule has 0 bridgehead atoms. The van der Waals surface area contributed by atoms with Crippen molar-refractivity contribution >= 4 is 40.2 Å². The van der Waals surface area contributed by atoms with Crippen molar-refractivity contribution in [3.8, 4) is 0 Å². The van der Waals surface area contributed by atoms with Gasteiger partial charge in [-0.2, -0.15) is 13.2 Å². The molecule has 2 aromatic rings. The molecule has 2 fully saturated rings. The van der Waals surface area contributed by atoms with Gasteiger partial charge in [0.15, 0.2) is 5.82 Å². The number of anilines is 1. The monoisotopic (exact) mass is 645 g/mol. The summed E-state index contributed by atoms with van der Waals surface area (Å²) in [6, 6.07) is 2.01. The van der Waals surface area contributed by atoms with Crippen LogP contribution in [0.1, 0.15) is 84.0 Å². The van der Waals surface area contributed by atoms with Gasteiger partial charge in [0, 0.05) is 36.5 Å². The van der Waals surface area contributed by atoms with Crippen molar-refractivity contribution in [2.75, 3.05) is 11.9 Å². The summed E-state index contributed by atoms with van der Waals surface area (Å²) in [7, 11) is 0. The predicted octanol–water partition coefficient (Wildman–Crippen LogP) is 4.68. The lowest BCUT2D eigenvalue weighted by Gasteiger charge is -2.43. The summed E-state index contributed by atoms with van der Waals surface area (Å²) in [6.45, 7) is 8.16. The van der Waals surface area contributed by atoms with Crippen molar-refractivity contribution in [2.24, 2.45) is 0 Å². The van der Waals surface area contributed by atoms with E-state index in [4.69, 9.17) is 5.11 Å². The molecule has 5 atom stereocenters. The van der Waals surface area contributed by atoms with Crippen LogP contribution in [0.3, 0.4) is 0 Å². The summed E-state index contributed by atoms with van der Waals surface area (Å²) in [5, 5.41) is 21.5. The van der Waals surface area contributed by atoms with Crippen molar-refractivity contribution in [2.45, 2.75) is 115 Å². The molecule has 2 heterocycles. The predicted molar refractivity (Wildman–Crippen MR) is 167 cm³/mol. The Kier molecular flexibility index (Phi) is 9.48. The topological polar surface area (TPSA) is 149 Å². The SMILES string of the molecule is CC(=O)N[C@@H]1C[C@H](NC(C)(C)C)CC[C@@H]1N1CC[C@H](Nc2nc(C3=CCC(NC(=O)O)CC3)nc3ccc(C(F)(F)F)cc23)C1=O. The van der Waals surface area contributed by atoms with Crippen molar-refractivity contribution in [1.29, 1.82) is 0 Å². The molecule has 46 heavy (non-hydrogen) atoms. The van der Waals surface area contributed by atoms with E-state index >= 15 is 0 Å².